The maximum absolute atomic E-state index is 14.3. The fraction of sp³-hybridized carbons (Fsp3) is 0.176. The van der Waals surface area contributed by atoms with Gasteiger partial charge in [0.2, 0.25) is 0 Å². The normalized spacial score (nSPS) is 13.3. The summed E-state index contributed by atoms with van der Waals surface area (Å²) in [7, 11) is 1.91. The Balaban J connectivity index is 1.33. The number of rotatable bonds is 5. The molecule has 1 aliphatic rings. The minimum absolute atomic E-state index is 0.0179. The van der Waals surface area contributed by atoms with Crippen LogP contribution < -0.4 is 5.56 Å². The van der Waals surface area contributed by atoms with Gasteiger partial charge in [0, 0.05) is 41.2 Å². The first-order chi connectivity index (χ1) is 22.1. The summed E-state index contributed by atoms with van der Waals surface area (Å²) in [6.07, 6.45) is 1.34. The molecule has 8 nitrogen and oxygen atoms in total. The van der Waals surface area contributed by atoms with Crippen molar-refractivity contribution < 1.29 is 18.0 Å². The quantitative estimate of drug-likeness (QED) is 0.209. The number of halogens is 4. The second kappa shape index (κ2) is 11.4. The SMILES string of the molecule is Cn1cncc1-c1ccc(-n2c(=O)c3c(n4ncc(Cc5ccccc5)c24)CN(C(=O)c2ccc(Br)c(C(F)(F)F)c2)CC3)cc1. The number of carbonyl (C=O) groups excluding carboxylic acids is 1. The van der Waals surface area contributed by atoms with Gasteiger partial charge in [-0.15, -0.1) is 0 Å². The smallest absolute Gasteiger partial charge is 0.334 e. The molecule has 0 saturated carbocycles. The average Bonchev–Trinajstić information content (AvgIpc) is 3.67. The molecular formula is C34H26BrF3N6O2. The molecule has 1 aliphatic heterocycles. The summed E-state index contributed by atoms with van der Waals surface area (Å²) in [6.45, 7) is 0.186. The molecule has 0 atom stereocenters. The number of fused-ring (bicyclic) bond motifs is 3. The van der Waals surface area contributed by atoms with E-state index in [1.54, 1.807) is 27.8 Å². The first-order valence-electron chi connectivity index (χ1n) is 14.5. The van der Waals surface area contributed by atoms with E-state index in [4.69, 9.17) is 5.10 Å². The lowest BCUT2D eigenvalue weighted by Gasteiger charge is -2.30. The van der Waals surface area contributed by atoms with Crippen molar-refractivity contribution in [3.63, 3.8) is 0 Å². The first kappa shape index (κ1) is 29.7. The van der Waals surface area contributed by atoms with Crippen LogP contribution in [0, 0.1) is 0 Å². The summed E-state index contributed by atoms with van der Waals surface area (Å²) in [6, 6.07) is 20.9. The predicted octanol–water partition coefficient (Wildman–Crippen LogP) is 6.46. The summed E-state index contributed by atoms with van der Waals surface area (Å²) in [5.74, 6) is -0.552. The van der Waals surface area contributed by atoms with E-state index in [1.165, 1.54) is 17.0 Å². The summed E-state index contributed by atoms with van der Waals surface area (Å²) >= 11 is 2.94. The molecule has 0 aliphatic carbocycles. The number of hydrogen-bond donors (Lipinski definition) is 0. The Morgan fingerprint density at radius 2 is 1.76 bits per heavy atom. The molecule has 0 saturated heterocycles. The van der Waals surface area contributed by atoms with Crippen molar-refractivity contribution in [2.45, 2.75) is 25.6 Å². The monoisotopic (exact) mass is 686 g/mol. The van der Waals surface area contributed by atoms with E-state index in [0.29, 0.717) is 29.0 Å². The third kappa shape index (κ3) is 5.22. The van der Waals surface area contributed by atoms with Crippen LogP contribution in [0.4, 0.5) is 13.2 Å². The molecule has 46 heavy (non-hydrogen) atoms. The number of nitrogens with zero attached hydrogens (tertiary/aromatic N) is 6. The van der Waals surface area contributed by atoms with Gasteiger partial charge in [-0.25, -0.2) is 9.50 Å². The van der Waals surface area contributed by atoms with Gasteiger partial charge in [0.05, 0.1) is 47.9 Å². The molecule has 12 heteroatoms. The van der Waals surface area contributed by atoms with E-state index in [2.05, 4.69) is 20.9 Å². The third-order valence-electron chi connectivity index (χ3n) is 8.35. The van der Waals surface area contributed by atoms with Crippen LogP contribution >= 0.6 is 15.9 Å². The summed E-state index contributed by atoms with van der Waals surface area (Å²) in [4.78, 5) is 33.5. The van der Waals surface area contributed by atoms with Crippen molar-refractivity contribution in [3.8, 4) is 16.9 Å². The van der Waals surface area contributed by atoms with Crippen LogP contribution in [0.3, 0.4) is 0 Å². The lowest BCUT2D eigenvalue weighted by molar-refractivity contribution is -0.138. The number of alkyl halides is 3. The highest BCUT2D eigenvalue weighted by Gasteiger charge is 2.35. The van der Waals surface area contributed by atoms with Crippen LogP contribution in [-0.4, -0.2) is 41.1 Å². The minimum atomic E-state index is -4.62. The van der Waals surface area contributed by atoms with Gasteiger partial charge >= 0.3 is 6.18 Å². The Morgan fingerprint density at radius 1 is 1.00 bits per heavy atom. The van der Waals surface area contributed by atoms with Crippen molar-refractivity contribution in [1.29, 1.82) is 0 Å². The average molecular weight is 688 g/mol. The van der Waals surface area contributed by atoms with Gasteiger partial charge in [-0.3, -0.25) is 14.2 Å². The molecule has 0 N–H and O–H groups in total. The Bertz CT molecular complexity index is 2170. The zero-order valence-electron chi connectivity index (χ0n) is 24.5. The van der Waals surface area contributed by atoms with E-state index in [9.17, 15) is 22.8 Å². The van der Waals surface area contributed by atoms with Crippen LogP contribution in [-0.2, 0) is 32.6 Å². The van der Waals surface area contributed by atoms with E-state index in [0.717, 1.165) is 28.5 Å². The number of benzene rings is 3. The molecular weight excluding hydrogens is 661 g/mol. The molecule has 0 radical (unpaired) electrons. The van der Waals surface area contributed by atoms with Gasteiger partial charge in [0.15, 0.2) is 0 Å². The number of hydrogen-bond acceptors (Lipinski definition) is 4. The van der Waals surface area contributed by atoms with E-state index < -0.39 is 17.6 Å². The molecule has 232 valence electrons. The molecule has 0 spiro atoms. The minimum Gasteiger partial charge on any atom is -0.334 e. The topological polar surface area (TPSA) is 77.4 Å². The van der Waals surface area contributed by atoms with E-state index >= 15 is 0 Å². The second-order valence-corrected chi connectivity index (χ2v) is 12.1. The summed E-state index contributed by atoms with van der Waals surface area (Å²) < 4.78 is 45.9. The van der Waals surface area contributed by atoms with E-state index in [-0.39, 0.29) is 35.1 Å². The molecule has 3 aromatic heterocycles. The largest absolute Gasteiger partial charge is 0.417 e. The summed E-state index contributed by atoms with van der Waals surface area (Å²) in [5, 5.41) is 4.70. The Hall–Kier alpha value is -4.97. The summed E-state index contributed by atoms with van der Waals surface area (Å²) in [5.41, 5.74) is 4.77. The van der Waals surface area contributed by atoms with Gasteiger partial charge in [0.25, 0.3) is 11.5 Å². The Kier molecular flexibility index (Phi) is 7.39. The zero-order chi connectivity index (χ0) is 32.2. The highest BCUT2D eigenvalue weighted by atomic mass is 79.9. The maximum atomic E-state index is 14.3. The molecule has 0 bridgehead atoms. The molecule has 0 fully saturated rings. The fourth-order valence-electron chi connectivity index (χ4n) is 6.04. The molecule has 3 aromatic carbocycles. The number of amides is 1. The predicted molar refractivity (Wildman–Crippen MR) is 170 cm³/mol. The van der Waals surface area contributed by atoms with Gasteiger partial charge in [-0.1, -0.05) is 58.4 Å². The van der Waals surface area contributed by atoms with Crippen molar-refractivity contribution in [2.24, 2.45) is 7.05 Å². The number of carbonyl (C=O) groups is 1. The fourth-order valence-corrected chi connectivity index (χ4v) is 6.51. The number of imidazole rings is 1. The van der Waals surface area contributed by atoms with Gasteiger partial charge < -0.3 is 9.47 Å². The van der Waals surface area contributed by atoms with Crippen molar-refractivity contribution in [1.82, 2.24) is 28.6 Å². The molecule has 6 aromatic rings. The van der Waals surface area contributed by atoms with Gasteiger partial charge in [-0.05, 0) is 47.9 Å². The Morgan fingerprint density at radius 3 is 2.46 bits per heavy atom. The zero-order valence-corrected chi connectivity index (χ0v) is 26.1. The van der Waals surface area contributed by atoms with Crippen LogP contribution in [0.2, 0.25) is 0 Å². The van der Waals surface area contributed by atoms with Crippen molar-refractivity contribution in [2.75, 3.05) is 6.54 Å². The second-order valence-electron chi connectivity index (χ2n) is 11.2. The first-order valence-corrected chi connectivity index (χ1v) is 15.3. The molecule has 4 heterocycles. The maximum Gasteiger partial charge on any atom is 0.417 e. The Labute approximate surface area is 269 Å². The van der Waals surface area contributed by atoms with Crippen LogP contribution in [0.15, 0.2) is 101 Å². The highest BCUT2D eigenvalue weighted by Crippen LogP contribution is 2.36. The van der Waals surface area contributed by atoms with Gasteiger partial charge in [-0.2, -0.15) is 18.3 Å². The third-order valence-corrected chi connectivity index (χ3v) is 9.04. The lowest BCUT2D eigenvalue weighted by Crippen LogP contribution is -2.41. The van der Waals surface area contributed by atoms with Crippen LogP contribution in [0.1, 0.15) is 38.3 Å². The standard InChI is InChI=1S/C34H26BrF3N6O2/c1-41-20-39-18-29(41)22-7-10-25(11-8-22)43-31-24(15-21-5-3-2-4-6-21)17-40-44(31)30-19-42(14-13-26(30)33(43)46)32(45)23-9-12-28(35)27(16-23)34(36,37)38/h2-12,16-18,20H,13-15,19H2,1H3. The molecule has 1 amide bonds. The van der Waals surface area contributed by atoms with Crippen LogP contribution in [0.5, 0.6) is 0 Å². The lowest BCUT2D eigenvalue weighted by atomic mass is 10.0. The van der Waals surface area contributed by atoms with Crippen molar-refractivity contribution >= 4 is 27.5 Å². The number of aromatic nitrogens is 5. The van der Waals surface area contributed by atoms with Gasteiger partial charge in [0.1, 0.15) is 5.65 Å². The van der Waals surface area contributed by atoms with Crippen LogP contribution in [0.25, 0.3) is 22.6 Å². The molecule has 7 rings (SSSR count). The molecule has 0 unspecified atom stereocenters. The number of aryl methyl sites for hydroxylation is 1. The highest BCUT2D eigenvalue weighted by molar-refractivity contribution is 9.10. The van der Waals surface area contributed by atoms with Crippen molar-refractivity contribution in [3.05, 3.63) is 140 Å². The van der Waals surface area contributed by atoms with E-state index in [1.807, 2.05) is 66.2 Å².